The lowest BCUT2D eigenvalue weighted by Gasteiger charge is -2.16. The van der Waals surface area contributed by atoms with Crippen LogP contribution in [0.15, 0.2) is 23.1 Å². The predicted molar refractivity (Wildman–Crippen MR) is 68.9 cm³/mol. The Hall–Kier alpha value is -1.32. The van der Waals surface area contributed by atoms with Gasteiger partial charge in [0.2, 0.25) is 10.0 Å². The fourth-order valence-electron chi connectivity index (χ4n) is 1.56. The standard InChI is InChI=1S/C11H11ClF3NO4S/c1-6(5-11(13,14)15)16-21(19,20)9-4-7(10(17)18)2-3-8(9)12/h2-4,6,16H,5H2,1H3,(H,17,18). The Morgan fingerprint density at radius 2 is 2.00 bits per heavy atom. The van der Waals surface area contributed by atoms with Crippen molar-refractivity contribution in [2.24, 2.45) is 0 Å². The minimum atomic E-state index is -4.53. The molecule has 1 atom stereocenters. The third-order valence-corrected chi connectivity index (χ3v) is 4.43. The fourth-order valence-corrected chi connectivity index (χ4v) is 3.33. The van der Waals surface area contributed by atoms with Crippen LogP contribution in [0.25, 0.3) is 0 Å². The van der Waals surface area contributed by atoms with Gasteiger partial charge in [-0.3, -0.25) is 0 Å². The summed E-state index contributed by atoms with van der Waals surface area (Å²) in [5.41, 5.74) is -0.344. The van der Waals surface area contributed by atoms with Crippen molar-refractivity contribution in [3.05, 3.63) is 28.8 Å². The normalized spacial score (nSPS) is 14.0. The molecule has 21 heavy (non-hydrogen) atoms. The Morgan fingerprint density at radius 3 is 2.48 bits per heavy atom. The summed E-state index contributed by atoms with van der Waals surface area (Å²) in [6.07, 6.45) is -5.89. The Morgan fingerprint density at radius 1 is 1.43 bits per heavy atom. The van der Waals surface area contributed by atoms with Gasteiger partial charge in [-0.15, -0.1) is 0 Å². The molecule has 0 aliphatic carbocycles. The monoisotopic (exact) mass is 345 g/mol. The van der Waals surface area contributed by atoms with E-state index in [0.29, 0.717) is 0 Å². The molecule has 118 valence electrons. The summed E-state index contributed by atoms with van der Waals surface area (Å²) in [7, 11) is -4.36. The van der Waals surface area contributed by atoms with Crippen LogP contribution in [0, 0.1) is 0 Å². The third kappa shape index (κ3) is 5.18. The van der Waals surface area contributed by atoms with E-state index in [0.717, 1.165) is 25.1 Å². The number of hydrogen-bond acceptors (Lipinski definition) is 3. The number of sulfonamides is 1. The Bertz CT molecular complexity index is 645. The first-order chi connectivity index (χ1) is 9.42. The van der Waals surface area contributed by atoms with Crippen LogP contribution in [0.5, 0.6) is 0 Å². The maximum Gasteiger partial charge on any atom is 0.390 e. The molecule has 0 heterocycles. The highest BCUT2D eigenvalue weighted by Crippen LogP contribution is 2.25. The molecule has 2 N–H and O–H groups in total. The zero-order chi connectivity index (χ0) is 16.4. The largest absolute Gasteiger partial charge is 0.478 e. The van der Waals surface area contributed by atoms with Gasteiger partial charge >= 0.3 is 12.1 Å². The predicted octanol–water partition coefficient (Wildman–Crippen LogP) is 2.66. The summed E-state index contributed by atoms with van der Waals surface area (Å²) in [5.74, 6) is -1.38. The first-order valence-electron chi connectivity index (χ1n) is 5.54. The summed E-state index contributed by atoms with van der Waals surface area (Å²) in [4.78, 5) is 10.2. The van der Waals surface area contributed by atoms with Gasteiger partial charge in [0, 0.05) is 6.04 Å². The molecule has 0 radical (unpaired) electrons. The number of nitrogens with one attached hydrogen (secondary N) is 1. The van der Waals surface area contributed by atoms with E-state index in [-0.39, 0.29) is 10.6 Å². The highest BCUT2D eigenvalue weighted by molar-refractivity contribution is 7.89. The van der Waals surface area contributed by atoms with Crippen molar-refractivity contribution in [2.45, 2.75) is 30.5 Å². The van der Waals surface area contributed by atoms with Crippen molar-refractivity contribution >= 4 is 27.6 Å². The number of hydrogen-bond donors (Lipinski definition) is 2. The number of carboxylic acid groups (broad SMARTS) is 1. The van der Waals surface area contributed by atoms with E-state index < -0.39 is 39.5 Å². The van der Waals surface area contributed by atoms with E-state index in [1.54, 1.807) is 0 Å². The SMILES string of the molecule is CC(CC(F)(F)F)NS(=O)(=O)c1cc(C(=O)O)ccc1Cl. The molecule has 0 aromatic heterocycles. The van der Waals surface area contributed by atoms with Crippen molar-refractivity contribution < 1.29 is 31.5 Å². The number of benzene rings is 1. The Balaban J connectivity index is 3.08. The molecular formula is C11H11ClF3NO4S. The molecule has 1 aromatic carbocycles. The lowest BCUT2D eigenvalue weighted by atomic mass is 10.2. The topological polar surface area (TPSA) is 83.5 Å². The van der Waals surface area contributed by atoms with E-state index in [9.17, 15) is 26.4 Å². The molecular weight excluding hydrogens is 335 g/mol. The van der Waals surface area contributed by atoms with Crippen molar-refractivity contribution in [1.29, 1.82) is 0 Å². The lowest BCUT2D eigenvalue weighted by Crippen LogP contribution is -2.36. The highest BCUT2D eigenvalue weighted by Gasteiger charge is 2.32. The number of aromatic carboxylic acids is 1. The van der Waals surface area contributed by atoms with E-state index in [1.165, 1.54) is 0 Å². The number of carbonyl (C=O) groups is 1. The van der Waals surface area contributed by atoms with Crippen molar-refractivity contribution in [1.82, 2.24) is 4.72 Å². The van der Waals surface area contributed by atoms with Gasteiger partial charge in [-0.05, 0) is 25.1 Å². The van der Waals surface area contributed by atoms with Crippen molar-refractivity contribution in [2.75, 3.05) is 0 Å². The molecule has 5 nitrogen and oxygen atoms in total. The molecule has 0 saturated heterocycles. The zero-order valence-corrected chi connectivity index (χ0v) is 12.2. The van der Waals surface area contributed by atoms with Gasteiger partial charge in [-0.25, -0.2) is 17.9 Å². The second-order valence-corrected chi connectivity index (χ2v) is 6.38. The van der Waals surface area contributed by atoms with Gasteiger partial charge < -0.3 is 5.11 Å². The molecule has 1 unspecified atom stereocenters. The molecule has 0 fully saturated rings. The fraction of sp³-hybridized carbons (Fsp3) is 0.364. The van der Waals surface area contributed by atoms with Crippen LogP contribution in [0.4, 0.5) is 13.2 Å². The second-order valence-electron chi connectivity index (χ2n) is 4.29. The molecule has 0 saturated carbocycles. The second kappa shape index (κ2) is 6.20. The van der Waals surface area contributed by atoms with Crippen LogP contribution in [0.1, 0.15) is 23.7 Å². The van der Waals surface area contributed by atoms with Crippen LogP contribution in [-0.2, 0) is 10.0 Å². The van der Waals surface area contributed by atoms with Crippen LogP contribution in [-0.4, -0.2) is 31.7 Å². The number of alkyl halides is 3. The minimum Gasteiger partial charge on any atom is -0.478 e. The first kappa shape index (κ1) is 17.7. The maximum atomic E-state index is 12.2. The van der Waals surface area contributed by atoms with E-state index in [1.807, 2.05) is 4.72 Å². The summed E-state index contributed by atoms with van der Waals surface area (Å²) in [5, 5.41) is 8.51. The number of rotatable bonds is 5. The van der Waals surface area contributed by atoms with Gasteiger partial charge in [-0.1, -0.05) is 11.6 Å². The molecule has 0 spiro atoms. The number of halogens is 4. The molecule has 10 heteroatoms. The van der Waals surface area contributed by atoms with Gasteiger partial charge in [-0.2, -0.15) is 13.2 Å². The summed E-state index contributed by atoms with van der Waals surface area (Å²) in [6, 6.07) is 1.50. The van der Waals surface area contributed by atoms with E-state index in [2.05, 4.69) is 0 Å². The van der Waals surface area contributed by atoms with Gasteiger partial charge in [0.1, 0.15) is 4.90 Å². The van der Waals surface area contributed by atoms with Crippen molar-refractivity contribution in [3.8, 4) is 0 Å². The lowest BCUT2D eigenvalue weighted by molar-refractivity contribution is -0.137. The molecule has 0 aliphatic rings. The maximum absolute atomic E-state index is 12.2. The molecule has 0 aliphatic heterocycles. The smallest absolute Gasteiger partial charge is 0.390 e. The van der Waals surface area contributed by atoms with Crippen LogP contribution in [0.3, 0.4) is 0 Å². The highest BCUT2D eigenvalue weighted by atomic mass is 35.5. The third-order valence-electron chi connectivity index (χ3n) is 2.36. The molecule has 1 aromatic rings. The average Bonchev–Trinajstić information content (AvgIpc) is 2.24. The molecule has 0 bridgehead atoms. The average molecular weight is 346 g/mol. The number of carboxylic acids is 1. The quantitative estimate of drug-likeness (QED) is 0.859. The van der Waals surface area contributed by atoms with Crippen LogP contribution < -0.4 is 4.72 Å². The van der Waals surface area contributed by atoms with Gasteiger partial charge in [0.15, 0.2) is 0 Å². The summed E-state index contributed by atoms with van der Waals surface area (Å²) < 4.78 is 62.3. The molecule has 1 rings (SSSR count). The first-order valence-corrected chi connectivity index (χ1v) is 7.40. The van der Waals surface area contributed by atoms with Crippen molar-refractivity contribution in [3.63, 3.8) is 0 Å². The van der Waals surface area contributed by atoms with E-state index >= 15 is 0 Å². The minimum absolute atomic E-state index is 0.285. The Kier molecular flexibility index (Phi) is 5.24. The van der Waals surface area contributed by atoms with Gasteiger partial charge in [0.05, 0.1) is 17.0 Å². The van der Waals surface area contributed by atoms with Gasteiger partial charge in [0.25, 0.3) is 0 Å². The van der Waals surface area contributed by atoms with E-state index in [4.69, 9.17) is 16.7 Å². The Labute approximate surface area is 123 Å². The molecule has 0 amide bonds. The summed E-state index contributed by atoms with van der Waals surface area (Å²) >= 11 is 5.67. The zero-order valence-electron chi connectivity index (χ0n) is 10.6. The summed E-state index contributed by atoms with van der Waals surface area (Å²) in [6.45, 7) is 1.04. The van der Waals surface area contributed by atoms with Crippen LogP contribution in [0.2, 0.25) is 5.02 Å². The van der Waals surface area contributed by atoms with Crippen LogP contribution >= 0.6 is 11.6 Å².